The van der Waals surface area contributed by atoms with Gasteiger partial charge in [0, 0.05) is 58.9 Å². The molecule has 0 amide bonds. The van der Waals surface area contributed by atoms with Crippen molar-refractivity contribution in [3.05, 3.63) is 83.7 Å². The number of morpholine rings is 1. The fourth-order valence-corrected chi connectivity index (χ4v) is 5.10. The van der Waals surface area contributed by atoms with Gasteiger partial charge in [0.25, 0.3) is 0 Å². The smallest absolute Gasteiger partial charge is 0.173 e. The fourth-order valence-electron chi connectivity index (χ4n) is 5.10. The monoisotopic (exact) mass is 487 g/mol. The van der Waals surface area contributed by atoms with Crippen LogP contribution in [0.3, 0.4) is 0 Å². The van der Waals surface area contributed by atoms with Gasteiger partial charge in [-0.15, -0.1) is 5.10 Å². The summed E-state index contributed by atoms with van der Waals surface area (Å²) in [6.07, 6.45) is 5.51. The Kier molecular flexibility index (Phi) is 8.86. The molecule has 0 N–H and O–H groups in total. The number of tetrazole rings is 1. The van der Waals surface area contributed by atoms with Crippen molar-refractivity contribution >= 4 is 6.08 Å². The predicted molar refractivity (Wildman–Crippen MR) is 141 cm³/mol. The molecular weight excluding hydrogens is 450 g/mol. The molecule has 1 atom stereocenters. The Morgan fingerprint density at radius 1 is 0.806 bits per heavy atom. The van der Waals surface area contributed by atoms with E-state index in [-0.39, 0.29) is 6.04 Å². The van der Waals surface area contributed by atoms with Gasteiger partial charge in [0.05, 0.1) is 19.3 Å². The minimum atomic E-state index is 0.0617. The molecular formula is C28H37N7O. The van der Waals surface area contributed by atoms with Crippen LogP contribution in [0.2, 0.25) is 0 Å². The third-order valence-corrected chi connectivity index (χ3v) is 7.11. The highest BCUT2D eigenvalue weighted by molar-refractivity contribution is 5.48. The SMILES string of the molecule is C(=Cc1ccccc1)CN1CCN(C(c2ccccc2)c2nnnn2CCCN2CCOCC2)CC1. The van der Waals surface area contributed by atoms with Crippen molar-refractivity contribution in [1.82, 2.24) is 34.9 Å². The van der Waals surface area contributed by atoms with E-state index in [4.69, 9.17) is 4.74 Å². The van der Waals surface area contributed by atoms with Crippen molar-refractivity contribution in [1.29, 1.82) is 0 Å². The van der Waals surface area contributed by atoms with Gasteiger partial charge in [-0.25, -0.2) is 4.68 Å². The molecule has 3 heterocycles. The number of rotatable bonds is 10. The van der Waals surface area contributed by atoms with E-state index in [2.05, 4.69) is 103 Å². The molecule has 2 aromatic carbocycles. The Morgan fingerprint density at radius 2 is 1.53 bits per heavy atom. The fraction of sp³-hybridized carbons (Fsp3) is 0.464. The summed E-state index contributed by atoms with van der Waals surface area (Å²) in [5.41, 5.74) is 2.50. The van der Waals surface area contributed by atoms with Crippen LogP contribution < -0.4 is 0 Å². The number of nitrogens with zero attached hydrogens (tertiary/aromatic N) is 7. The standard InChI is InChI=1S/C28H37N7O/c1-3-9-25(10-4-1)11-7-14-32-17-19-34(20-18-32)27(26-12-5-2-6-13-26)28-29-30-31-35(28)16-8-15-33-21-23-36-24-22-33/h1-7,9-13,27H,8,14-24H2. The highest BCUT2D eigenvalue weighted by Crippen LogP contribution is 2.28. The van der Waals surface area contributed by atoms with Gasteiger partial charge in [-0.3, -0.25) is 14.7 Å². The summed E-state index contributed by atoms with van der Waals surface area (Å²) in [5, 5.41) is 13.0. The predicted octanol–water partition coefficient (Wildman–Crippen LogP) is 2.82. The van der Waals surface area contributed by atoms with Crippen molar-refractivity contribution in [2.45, 2.75) is 19.0 Å². The van der Waals surface area contributed by atoms with Gasteiger partial charge < -0.3 is 4.74 Å². The van der Waals surface area contributed by atoms with Crippen LogP contribution in [0.15, 0.2) is 66.7 Å². The maximum absolute atomic E-state index is 5.48. The number of aromatic nitrogens is 4. The van der Waals surface area contributed by atoms with Crippen molar-refractivity contribution in [2.75, 3.05) is 65.6 Å². The second kappa shape index (κ2) is 12.9. The van der Waals surface area contributed by atoms with Crippen molar-refractivity contribution in [3.63, 3.8) is 0 Å². The second-order valence-corrected chi connectivity index (χ2v) is 9.53. The number of hydrogen-bond donors (Lipinski definition) is 0. The highest BCUT2D eigenvalue weighted by Gasteiger charge is 2.30. The van der Waals surface area contributed by atoms with Crippen LogP contribution in [0, 0.1) is 0 Å². The first-order chi connectivity index (χ1) is 17.9. The molecule has 190 valence electrons. The summed E-state index contributed by atoms with van der Waals surface area (Å²) < 4.78 is 7.50. The van der Waals surface area contributed by atoms with Crippen LogP contribution in [0.25, 0.3) is 6.08 Å². The molecule has 8 heteroatoms. The lowest BCUT2D eigenvalue weighted by Crippen LogP contribution is -2.48. The van der Waals surface area contributed by atoms with Gasteiger partial charge in [0.1, 0.15) is 0 Å². The Morgan fingerprint density at radius 3 is 2.28 bits per heavy atom. The van der Waals surface area contributed by atoms with E-state index < -0.39 is 0 Å². The zero-order chi connectivity index (χ0) is 24.4. The molecule has 0 spiro atoms. The zero-order valence-electron chi connectivity index (χ0n) is 21.0. The maximum atomic E-state index is 5.48. The maximum Gasteiger partial charge on any atom is 0.173 e. The number of ether oxygens (including phenoxy) is 1. The lowest BCUT2D eigenvalue weighted by molar-refractivity contribution is 0.0367. The Balaban J connectivity index is 1.22. The van der Waals surface area contributed by atoms with Crippen LogP contribution in [-0.4, -0.2) is 100 Å². The third kappa shape index (κ3) is 6.64. The summed E-state index contributed by atoms with van der Waals surface area (Å²) in [7, 11) is 0. The van der Waals surface area contributed by atoms with Gasteiger partial charge >= 0.3 is 0 Å². The molecule has 1 unspecified atom stereocenters. The van der Waals surface area contributed by atoms with E-state index in [1.807, 2.05) is 4.68 Å². The lowest BCUT2D eigenvalue weighted by atomic mass is 10.0. The molecule has 36 heavy (non-hydrogen) atoms. The van der Waals surface area contributed by atoms with Crippen LogP contribution in [0.1, 0.15) is 29.4 Å². The quantitative estimate of drug-likeness (QED) is 0.436. The summed E-state index contributed by atoms with van der Waals surface area (Å²) in [6, 6.07) is 21.3. The molecule has 0 bridgehead atoms. The Labute approximate surface area is 214 Å². The highest BCUT2D eigenvalue weighted by atomic mass is 16.5. The normalized spacial score (nSPS) is 19.1. The molecule has 2 fully saturated rings. The van der Waals surface area contributed by atoms with Crippen LogP contribution in [0.4, 0.5) is 0 Å². The molecule has 8 nitrogen and oxygen atoms in total. The van der Waals surface area contributed by atoms with Crippen molar-refractivity contribution in [3.8, 4) is 0 Å². The largest absolute Gasteiger partial charge is 0.379 e. The van der Waals surface area contributed by atoms with Crippen LogP contribution in [-0.2, 0) is 11.3 Å². The van der Waals surface area contributed by atoms with Gasteiger partial charge in [-0.2, -0.15) is 0 Å². The average Bonchev–Trinajstić information content (AvgIpc) is 3.39. The average molecular weight is 488 g/mol. The van der Waals surface area contributed by atoms with E-state index in [0.717, 1.165) is 84.4 Å². The lowest BCUT2D eigenvalue weighted by Gasteiger charge is -2.38. The summed E-state index contributed by atoms with van der Waals surface area (Å²) >= 11 is 0. The van der Waals surface area contributed by atoms with Crippen molar-refractivity contribution < 1.29 is 4.74 Å². The molecule has 2 aliphatic heterocycles. The zero-order valence-corrected chi connectivity index (χ0v) is 21.0. The minimum absolute atomic E-state index is 0.0617. The molecule has 2 saturated heterocycles. The Bertz CT molecular complexity index is 1060. The molecule has 1 aromatic heterocycles. The van der Waals surface area contributed by atoms with Gasteiger partial charge in [0.2, 0.25) is 0 Å². The summed E-state index contributed by atoms with van der Waals surface area (Å²) in [6.45, 7) is 10.6. The van der Waals surface area contributed by atoms with Gasteiger partial charge in [-0.05, 0) is 28.0 Å². The van der Waals surface area contributed by atoms with E-state index in [1.54, 1.807) is 0 Å². The van der Waals surface area contributed by atoms with Crippen LogP contribution in [0.5, 0.6) is 0 Å². The van der Waals surface area contributed by atoms with E-state index in [0.29, 0.717) is 0 Å². The molecule has 2 aliphatic rings. The first-order valence-corrected chi connectivity index (χ1v) is 13.2. The van der Waals surface area contributed by atoms with E-state index in [9.17, 15) is 0 Å². The first kappa shape index (κ1) is 24.8. The van der Waals surface area contributed by atoms with E-state index in [1.165, 1.54) is 11.1 Å². The molecule has 0 aliphatic carbocycles. The van der Waals surface area contributed by atoms with Gasteiger partial charge in [0.15, 0.2) is 5.82 Å². The molecule has 0 saturated carbocycles. The Hall–Kier alpha value is -2.91. The summed E-state index contributed by atoms with van der Waals surface area (Å²) in [4.78, 5) is 7.52. The van der Waals surface area contributed by atoms with Crippen LogP contribution >= 0.6 is 0 Å². The number of hydrogen-bond acceptors (Lipinski definition) is 7. The molecule has 5 rings (SSSR count). The van der Waals surface area contributed by atoms with E-state index >= 15 is 0 Å². The molecule has 0 radical (unpaired) electrons. The number of benzene rings is 2. The van der Waals surface area contributed by atoms with Gasteiger partial charge in [-0.1, -0.05) is 72.8 Å². The molecule has 3 aromatic rings. The minimum Gasteiger partial charge on any atom is -0.379 e. The number of piperazine rings is 1. The van der Waals surface area contributed by atoms with Crippen molar-refractivity contribution in [2.24, 2.45) is 0 Å². The summed E-state index contributed by atoms with van der Waals surface area (Å²) in [5.74, 6) is 0.945. The number of aryl methyl sites for hydroxylation is 1. The second-order valence-electron chi connectivity index (χ2n) is 9.53. The third-order valence-electron chi connectivity index (χ3n) is 7.11. The first-order valence-electron chi connectivity index (χ1n) is 13.2. The topological polar surface area (TPSA) is 62.6 Å².